The zero-order valence-electron chi connectivity index (χ0n) is 9.30. The highest BCUT2D eigenvalue weighted by Crippen LogP contribution is 2.18. The van der Waals surface area contributed by atoms with Gasteiger partial charge in [-0.05, 0) is 23.8 Å². The van der Waals surface area contributed by atoms with Gasteiger partial charge in [0.25, 0.3) is 0 Å². The first-order valence-corrected chi connectivity index (χ1v) is 5.43. The summed E-state index contributed by atoms with van der Waals surface area (Å²) in [7, 11) is 0. The quantitative estimate of drug-likeness (QED) is 0.828. The molecule has 0 aliphatic carbocycles. The van der Waals surface area contributed by atoms with Gasteiger partial charge in [-0.15, -0.1) is 0 Å². The van der Waals surface area contributed by atoms with Crippen molar-refractivity contribution in [2.24, 2.45) is 0 Å². The van der Waals surface area contributed by atoms with E-state index in [1.807, 2.05) is 30.3 Å². The summed E-state index contributed by atoms with van der Waals surface area (Å²) in [4.78, 5) is 4.23. The summed E-state index contributed by atoms with van der Waals surface area (Å²) in [5.41, 5.74) is 1.80. The zero-order valence-corrected chi connectivity index (χ0v) is 9.30. The summed E-state index contributed by atoms with van der Waals surface area (Å²) in [6.07, 6.45) is 1.74. The van der Waals surface area contributed by atoms with Crippen LogP contribution in [-0.2, 0) is 0 Å². The van der Waals surface area contributed by atoms with Gasteiger partial charge in [0.2, 0.25) is 0 Å². The minimum Gasteiger partial charge on any atom is -0.395 e. The maximum atomic E-state index is 9.07. The van der Waals surface area contributed by atoms with Gasteiger partial charge in [-0.3, -0.25) is 10.3 Å². The van der Waals surface area contributed by atoms with Crippen LogP contribution >= 0.6 is 0 Å². The smallest absolute Gasteiger partial charge is 0.121 e. The number of nitrogens with zero attached hydrogens (tertiary/aromatic N) is 2. The fourth-order valence-corrected chi connectivity index (χ4v) is 1.72. The van der Waals surface area contributed by atoms with Crippen LogP contribution in [0.25, 0.3) is 10.9 Å². The van der Waals surface area contributed by atoms with E-state index < -0.39 is 6.04 Å². The van der Waals surface area contributed by atoms with Gasteiger partial charge in [-0.1, -0.05) is 12.1 Å². The fourth-order valence-electron chi connectivity index (χ4n) is 1.72. The lowest BCUT2D eigenvalue weighted by Gasteiger charge is -2.11. The molecule has 1 unspecified atom stereocenters. The molecule has 0 saturated carbocycles. The molecule has 2 aromatic rings. The highest BCUT2D eigenvalue weighted by Gasteiger charge is 2.09. The Hall–Kier alpha value is -1.96. The van der Waals surface area contributed by atoms with Gasteiger partial charge in [0.05, 0.1) is 18.2 Å². The van der Waals surface area contributed by atoms with Crippen LogP contribution in [0.1, 0.15) is 11.6 Å². The molecule has 1 heterocycles. The molecule has 0 saturated heterocycles. The van der Waals surface area contributed by atoms with E-state index in [9.17, 15) is 0 Å². The Morgan fingerprint density at radius 1 is 1.41 bits per heavy atom. The minimum atomic E-state index is -0.397. The lowest BCUT2D eigenvalue weighted by atomic mass is 10.1. The standard InChI is InChI=1S/C13H13N3O/c14-9-13(16-6-7-17)11-3-4-12-10(8-11)2-1-5-15-12/h1-5,8,13,16-17H,6-7H2. The summed E-state index contributed by atoms with van der Waals surface area (Å²) in [5, 5.41) is 21.8. The summed E-state index contributed by atoms with van der Waals surface area (Å²) in [5.74, 6) is 0. The molecule has 2 N–H and O–H groups in total. The summed E-state index contributed by atoms with van der Waals surface area (Å²) in [6.45, 7) is 0.427. The highest BCUT2D eigenvalue weighted by atomic mass is 16.3. The summed E-state index contributed by atoms with van der Waals surface area (Å²) < 4.78 is 0. The van der Waals surface area contributed by atoms with Crippen LogP contribution in [-0.4, -0.2) is 23.2 Å². The second-order valence-corrected chi connectivity index (χ2v) is 3.70. The number of aliphatic hydroxyl groups excluding tert-OH is 1. The molecule has 2 rings (SSSR count). The van der Waals surface area contributed by atoms with Crippen molar-refractivity contribution < 1.29 is 5.11 Å². The number of nitrogens with one attached hydrogen (secondary N) is 1. The molecule has 17 heavy (non-hydrogen) atoms. The molecule has 0 radical (unpaired) electrons. The molecule has 4 nitrogen and oxygen atoms in total. The lowest BCUT2D eigenvalue weighted by Crippen LogP contribution is -2.23. The maximum Gasteiger partial charge on any atom is 0.121 e. The molecule has 86 valence electrons. The molecule has 0 fully saturated rings. The van der Waals surface area contributed by atoms with E-state index in [4.69, 9.17) is 10.4 Å². The first-order chi connectivity index (χ1) is 8.35. The largest absolute Gasteiger partial charge is 0.395 e. The van der Waals surface area contributed by atoms with Crippen LogP contribution in [0.2, 0.25) is 0 Å². The van der Waals surface area contributed by atoms with Gasteiger partial charge in [0.1, 0.15) is 6.04 Å². The average molecular weight is 227 g/mol. The topological polar surface area (TPSA) is 68.9 Å². The molecular formula is C13H13N3O. The number of rotatable bonds is 4. The number of benzene rings is 1. The first kappa shape index (κ1) is 11.5. The molecule has 0 amide bonds. The number of hydrogen-bond acceptors (Lipinski definition) is 4. The van der Waals surface area contributed by atoms with Crippen molar-refractivity contribution in [3.63, 3.8) is 0 Å². The second kappa shape index (κ2) is 5.39. The Morgan fingerprint density at radius 2 is 2.29 bits per heavy atom. The van der Waals surface area contributed by atoms with E-state index in [-0.39, 0.29) is 6.61 Å². The van der Waals surface area contributed by atoms with Crippen LogP contribution in [0, 0.1) is 11.3 Å². The van der Waals surface area contributed by atoms with Crippen molar-refractivity contribution in [3.05, 3.63) is 42.1 Å². The number of nitriles is 1. The Labute approximate surface area is 99.5 Å². The maximum absolute atomic E-state index is 9.07. The number of aliphatic hydroxyl groups is 1. The molecule has 0 aliphatic rings. The van der Waals surface area contributed by atoms with Gasteiger partial charge in [0.15, 0.2) is 0 Å². The number of fused-ring (bicyclic) bond motifs is 1. The molecular weight excluding hydrogens is 214 g/mol. The molecule has 1 aromatic carbocycles. The van der Waals surface area contributed by atoms with E-state index in [1.54, 1.807) is 6.20 Å². The van der Waals surface area contributed by atoms with Crippen LogP contribution in [0.15, 0.2) is 36.5 Å². The van der Waals surface area contributed by atoms with Gasteiger partial charge >= 0.3 is 0 Å². The normalized spacial score (nSPS) is 12.2. The van der Waals surface area contributed by atoms with Gasteiger partial charge < -0.3 is 5.11 Å². The van der Waals surface area contributed by atoms with Crippen molar-refractivity contribution in [2.45, 2.75) is 6.04 Å². The predicted molar refractivity (Wildman–Crippen MR) is 65.2 cm³/mol. The monoisotopic (exact) mass is 227 g/mol. The first-order valence-electron chi connectivity index (χ1n) is 5.43. The minimum absolute atomic E-state index is 0.0211. The third-order valence-electron chi connectivity index (χ3n) is 2.55. The molecule has 0 bridgehead atoms. The van der Waals surface area contributed by atoms with E-state index in [0.717, 1.165) is 16.5 Å². The molecule has 1 aromatic heterocycles. The van der Waals surface area contributed by atoms with Gasteiger partial charge in [-0.2, -0.15) is 5.26 Å². The lowest BCUT2D eigenvalue weighted by molar-refractivity contribution is 0.289. The number of aromatic nitrogens is 1. The van der Waals surface area contributed by atoms with Crippen LogP contribution in [0.3, 0.4) is 0 Å². The molecule has 0 aliphatic heterocycles. The van der Waals surface area contributed by atoms with E-state index >= 15 is 0 Å². The van der Waals surface area contributed by atoms with Crippen molar-refractivity contribution in [1.29, 1.82) is 5.26 Å². The number of pyridine rings is 1. The van der Waals surface area contributed by atoms with Gasteiger partial charge in [-0.25, -0.2) is 0 Å². The highest BCUT2D eigenvalue weighted by molar-refractivity contribution is 5.79. The molecule has 1 atom stereocenters. The summed E-state index contributed by atoms with van der Waals surface area (Å²) >= 11 is 0. The zero-order chi connectivity index (χ0) is 12.1. The van der Waals surface area contributed by atoms with Crippen molar-refractivity contribution >= 4 is 10.9 Å². The third kappa shape index (κ3) is 2.59. The molecule has 0 spiro atoms. The van der Waals surface area contributed by atoms with Crippen molar-refractivity contribution in [2.75, 3.05) is 13.2 Å². The van der Waals surface area contributed by atoms with Crippen LogP contribution in [0.5, 0.6) is 0 Å². The Bertz CT molecular complexity index is 548. The Kier molecular flexibility index (Phi) is 3.66. The van der Waals surface area contributed by atoms with Crippen LogP contribution < -0.4 is 5.32 Å². The average Bonchev–Trinajstić information content (AvgIpc) is 2.39. The van der Waals surface area contributed by atoms with E-state index in [1.165, 1.54) is 0 Å². The van der Waals surface area contributed by atoms with Crippen molar-refractivity contribution in [1.82, 2.24) is 10.3 Å². The summed E-state index contributed by atoms with van der Waals surface area (Å²) in [6, 6.07) is 11.3. The third-order valence-corrected chi connectivity index (χ3v) is 2.55. The second-order valence-electron chi connectivity index (χ2n) is 3.70. The van der Waals surface area contributed by atoms with E-state index in [0.29, 0.717) is 6.54 Å². The van der Waals surface area contributed by atoms with E-state index in [2.05, 4.69) is 16.4 Å². The SMILES string of the molecule is N#CC(NCCO)c1ccc2ncccc2c1. The van der Waals surface area contributed by atoms with Gasteiger partial charge in [0, 0.05) is 18.1 Å². The number of hydrogen-bond donors (Lipinski definition) is 2. The van der Waals surface area contributed by atoms with Crippen molar-refractivity contribution in [3.8, 4) is 6.07 Å². The van der Waals surface area contributed by atoms with Crippen LogP contribution in [0.4, 0.5) is 0 Å². The molecule has 4 heteroatoms. The predicted octanol–water partition coefficient (Wildman–Crippen LogP) is 1.38. The Morgan fingerprint density at radius 3 is 3.06 bits per heavy atom. The Balaban J connectivity index is 2.31. The fraction of sp³-hybridized carbons (Fsp3) is 0.231.